The third kappa shape index (κ3) is 6.92. The molecule has 0 spiro atoms. The number of pyridine rings is 1. The van der Waals surface area contributed by atoms with Gasteiger partial charge in [-0.25, -0.2) is 13.8 Å². The number of benzene rings is 2. The van der Waals surface area contributed by atoms with Crippen molar-refractivity contribution in [3.63, 3.8) is 0 Å². The van der Waals surface area contributed by atoms with E-state index in [0.29, 0.717) is 11.4 Å². The van der Waals surface area contributed by atoms with Gasteiger partial charge >= 0.3 is 0 Å². The minimum atomic E-state index is -1.29. The van der Waals surface area contributed by atoms with Crippen LogP contribution in [0.3, 0.4) is 0 Å². The number of hydrogen-bond acceptors (Lipinski definition) is 4. The van der Waals surface area contributed by atoms with E-state index >= 15 is 0 Å². The standard InChI is InChI=1S/C26H26F2N4O3/c1-17(2)30-26(35)25(18-10-12-19(27)13-11-18)32(21-8-4-3-7-20(21)28)24(34)15-14-23(33)31-22-9-5-6-16-29-22/h3-13,16-17,25H,14-15H2,1-2H3,(H,30,35)(H,29,31,33)/t25-/m0/s1. The lowest BCUT2D eigenvalue weighted by Gasteiger charge is -2.32. The number of rotatable bonds is 9. The number of anilines is 2. The van der Waals surface area contributed by atoms with E-state index in [2.05, 4.69) is 15.6 Å². The number of nitrogens with zero attached hydrogens (tertiary/aromatic N) is 2. The fraction of sp³-hybridized carbons (Fsp3) is 0.231. The van der Waals surface area contributed by atoms with Gasteiger partial charge in [0.1, 0.15) is 23.5 Å². The molecular formula is C26H26F2N4O3. The predicted octanol–water partition coefficient (Wildman–Crippen LogP) is 4.38. The van der Waals surface area contributed by atoms with E-state index in [1.807, 2.05) is 0 Å². The molecule has 0 fully saturated rings. The number of hydrogen-bond donors (Lipinski definition) is 2. The highest BCUT2D eigenvalue weighted by atomic mass is 19.1. The zero-order valence-electron chi connectivity index (χ0n) is 19.4. The molecule has 0 saturated carbocycles. The Morgan fingerprint density at radius 1 is 0.914 bits per heavy atom. The highest BCUT2D eigenvalue weighted by molar-refractivity contribution is 6.03. The maximum atomic E-state index is 14.9. The van der Waals surface area contributed by atoms with Gasteiger partial charge in [0.2, 0.25) is 17.7 Å². The van der Waals surface area contributed by atoms with Crippen LogP contribution in [0.1, 0.15) is 38.3 Å². The Morgan fingerprint density at radius 2 is 1.60 bits per heavy atom. The van der Waals surface area contributed by atoms with E-state index < -0.39 is 35.4 Å². The lowest BCUT2D eigenvalue weighted by molar-refractivity contribution is -0.127. The third-order valence-electron chi connectivity index (χ3n) is 5.00. The molecule has 182 valence electrons. The number of halogens is 2. The van der Waals surface area contributed by atoms with E-state index in [0.717, 1.165) is 17.0 Å². The number of carbonyl (C=O) groups is 3. The Balaban J connectivity index is 1.94. The molecule has 0 unspecified atom stereocenters. The van der Waals surface area contributed by atoms with Crippen LogP contribution in [0.15, 0.2) is 72.9 Å². The van der Waals surface area contributed by atoms with Crippen molar-refractivity contribution < 1.29 is 23.2 Å². The first-order valence-electron chi connectivity index (χ1n) is 11.1. The van der Waals surface area contributed by atoms with Crippen molar-refractivity contribution in [1.29, 1.82) is 0 Å². The number of aromatic nitrogens is 1. The second kappa shape index (κ2) is 11.8. The van der Waals surface area contributed by atoms with Crippen LogP contribution in [0.5, 0.6) is 0 Å². The molecule has 1 heterocycles. The van der Waals surface area contributed by atoms with Crippen LogP contribution in [0, 0.1) is 11.6 Å². The summed E-state index contributed by atoms with van der Waals surface area (Å²) in [6.07, 6.45) is 0.989. The lowest BCUT2D eigenvalue weighted by atomic mass is 10.0. The molecule has 0 bridgehead atoms. The molecule has 2 aromatic carbocycles. The molecule has 3 amide bonds. The van der Waals surface area contributed by atoms with E-state index in [9.17, 15) is 23.2 Å². The minimum absolute atomic E-state index is 0.129. The van der Waals surface area contributed by atoms with E-state index in [1.165, 1.54) is 42.6 Å². The Kier molecular flexibility index (Phi) is 8.61. The topological polar surface area (TPSA) is 91.4 Å². The van der Waals surface area contributed by atoms with Crippen LogP contribution in [0.25, 0.3) is 0 Å². The van der Waals surface area contributed by atoms with Gasteiger partial charge < -0.3 is 10.6 Å². The van der Waals surface area contributed by atoms with Crippen LogP contribution in [-0.2, 0) is 14.4 Å². The Labute approximate surface area is 202 Å². The van der Waals surface area contributed by atoms with Crippen molar-refractivity contribution in [3.05, 3.63) is 90.1 Å². The van der Waals surface area contributed by atoms with Gasteiger partial charge in [-0.3, -0.25) is 19.3 Å². The lowest BCUT2D eigenvalue weighted by Crippen LogP contribution is -2.46. The fourth-order valence-corrected chi connectivity index (χ4v) is 3.47. The Bertz CT molecular complexity index is 1170. The summed E-state index contributed by atoms with van der Waals surface area (Å²) >= 11 is 0. The maximum Gasteiger partial charge on any atom is 0.248 e. The van der Waals surface area contributed by atoms with Crippen molar-refractivity contribution in [2.45, 2.75) is 38.8 Å². The maximum absolute atomic E-state index is 14.9. The summed E-state index contributed by atoms with van der Waals surface area (Å²) in [5.74, 6) is -2.59. The van der Waals surface area contributed by atoms with E-state index in [-0.39, 0.29) is 24.6 Å². The van der Waals surface area contributed by atoms with Crippen LogP contribution < -0.4 is 15.5 Å². The molecule has 7 nitrogen and oxygen atoms in total. The van der Waals surface area contributed by atoms with E-state index in [4.69, 9.17) is 0 Å². The Hall–Kier alpha value is -4.14. The monoisotopic (exact) mass is 480 g/mol. The molecule has 3 aromatic rings. The second-order valence-corrected chi connectivity index (χ2v) is 8.10. The molecule has 0 aliphatic rings. The highest BCUT2D eigenvalue weighted by Gasteiger charge is 2.34. The van der Waals surface area contributed by atoms with Gasteiger partial charge in [0.05, 0.1) is 5.69 Å². The molecule has 0 radical (unpaired) electrons. The van der Waals surface area contributed by atoms with Gasteiger partial charge in [-0.1, -0.05) is 30.3 Å². The normalized spacial score (nSPS) is 11.6. The van der Waals surface area contributed by atoms with Gasteiger partial charge in [-0.05, 0) is 55.8 Å². The van der Waals surface area contributed by atoms with Crippen LogP contribution >= 0.6 is 0 Å². The molecule has 1 atom stereocenters. The summed E-state index contributed by atoms with van der Waals surface area (Å²) < 4.78 is 28.5. The smallest absolute Gasteiger partial charge is 0.248 e. The van der Waals surface area contributed by atoms with Crippen molar-refractivity contribution >= 4 is 29.2 Å². The summed E-state index contributed by atoms with van der Waals surface area (Å²) in [6.45, 7) is 3.49. The summed E-state index contributed by atoms with van der Waals surface area (Å²) in [5, 5.41) is 5.33. The average Bonchev–Trinajstić information content (AvgIpc) is 2.82. The summed E-state index contributed by atoms with van der Waals surface area (Å²) in [6, 6.07) is 14.1. The van der Waals surface area contributed by atoms with Crippen LogP contribution in [0.2, 0.25) is 0 Å². The molecule has 35 heavy (non-hydrogen) atoms. The molecule has 0 saturated heterocycles. The molecule has 2 N–H and O–H groups in total. The number of amides is 3. The zero-order chi connectivity index (χ0) is 25.4. The predicted molar refractivity (Wildman–Crippen MR) is 128 cm³/mol. The molecule has 0 aliphatic carbocycles. The summed E-state index contributed by atoms with van der Waals surface area (Å²) in [4.78, 5) is 44.1. The summed E-state index contributed by atoms with van der Waals surface area (Å²) in [5.41, 5.74) is 0.162. The van der Waals surface area contributed by atoms with Gasteiger partial charge in [-0.2, -0.15) is 0 Å². The molecular weight excluding hydrogens is 454 g/mol. The zero-order valence-corrected chi connectivity index (χ0v) is 19.4. The first-order chi connectivity index (χ1) is 16.8. The first-order valence-corrected chi connectivity index (χ1v) is 11.1. The SMILES string of the molecule is CC(C)NC(=O)[C@H](c1ccc(F)cc1)N(C(=O)CCC(=O)Nc1ccccn1)c1ccccc1F. The second-order valence-electron chi connectivity index (χ2n) is 8.10. The largest absolute Gasteiger partial charge is 0.352 e. The van der Waals surface area contributed by atoms with Crippen molar-refractivity contribution in [3.8, 4) is 0 Å². The van der Waals surface area contributed by atoms with E-state index in [1.54, 1.807) is 32.0 Å². The number of nitrogens with one attached hydrogen (secondary N) is 2. The summed E-state index contributed by atoms with van der Waals surface area (Å²) in [7, 11) is 0. The van der Waals surface area contributed by atoms with Crippen molar-refractivity contribution in [1.82, 2.24) is 10.3 Å². The molecule has 3 rings (SSSR count). The highest BCUT2D eigenvalue weighted by Crippen LogP contribution is 2.31. The minimum Gasteiger partial charge on any atom is -0.352 e. The molecule has 0 aliphatic heterocycles. The Morgan fingerprint density at radius 3 is 2.23 bits per heavy atom. The third-order valence-corrected chi connectivity index (χ3v) is 5.00. The molecule has 1 aromatic heterocycles. The van der Waals surface area contributed by atoms with Gasteiger partial charge in [0.15, 0.2) is 0 Å². The molecule has 9 heteroatoms. The van der Waals surface area contributed by atoms with Gasteiger partial charge in [0.25, 0.3) is 0 Å². The quantitative estimate of drug-likeness (QED) is 0.476. The fourth-order valence-electron chi connectivity index (χ4n) is 3.47. The average molecular weight is 481 g/mol. The van der Waals surface area contributed by atoms with Crippen molar-refractivity contribution in [2.24, 2.45) is 0 Å². The van der Waals surface area contributed by atoms with Crippen LogP contribution in [0.4, 0.5) is 20.3 Å². The number of carbonyl (C=O) groups excluding carboxylic acids is 3. The number of para-hydroxylation sites is 1. The van der Waals surface area contributed by atoms with Gasteiger partial charge in [0, 0.05) is 25.1 Å². The van der Waals surface area contributed by atoms with Crippen LogP contribution in [-0.4, -0.2) is 28.7 Å². The van der Waals surface area contributed by atoms with Gasteiger partial charge in [-0.15, -0.1) is 0 Å². The van der Waals surface area contributed by atoms with Crippen molar-refractivity contribution in [2.75, 3.05) is 10.2 Å². The first kappa shape index (κ1) is 25.5.